The van der Waals surface area contributed by atoms with E-state index in [2.05, 4.69) is 51.3 Å². The Balaban J connectivity index is 1.86. The molecule has 0 aliphatic carbocycles. The second kappa shape index (κ2) is 7.66. The molecule has 1 heterocycles. The number of halogens is 1. The van der Waals surface area contributed by atoms with Crippen molar-refractivity contribution in [2.45, 2.75) is 6.92 Å². The number of methoxy groups -OCH3 is 1. The highest BCUT2D eigenvalue weighted by atomic mass is 79.9. The van der Waals surface area contributed by atoms with Crippen LogP contribution in [-0.4, -0.2) is 57.4 Å². The van der Waals surface area contributed by atoms with E-state index < -0.39 is 0 Å². The maximum atomic E-state index is 12.0. The Hall–Kier alpha value is -1.27. The minimum atomic E-state index is -0.00493. The van der Waals surface area contributed by atoms with Crippen molar-refractivity contribution in [2.75, 3.05) is 51.3 Å². The minimum Gasteiger partial charge on any atom is -0.383 e. The van der Waals surface area contributed by atoms with Gasteiger partial charge in [0.15, 0.2) is 0 Å². The van der Waals surface area contributed by atoms with Gasteiger partial charge in [-0.25, -0.2) is 4.79 Å². The first kappa shape index (κ1) is 16.1. The van der Waals surface area contributed by atoms with Crippen LogP contribution >= 0.6 is 15.9 Å². The van der Waals surface area contributed by atoms with E-state index in [1.807, 2.05) is 4.90 Å². The average molecular weight is 356 g/mol. The molecule has 1 aromatic rings. The second-order valence-electron chi connectivity index (χ2n) is 5.15. The molecule has 0 radical (unpaired) electrons. The van der Waals surface area contributed by atoms with Gasteiger partial charge in [0, 0.05) is 44.3 Å². The lowest BCUT2D eigenvalue weighted by atomic mass is 10.2. The largest absolute Gasteiger partial charge is 0.383 e. The second-order valence-corrected chi connectivity index (χ2v) is 6.01. The number of hydrogen-bond donors (Lipinski definition) is 1. The van der Waals surface area contributed by atoms with Crippen molar-refractivity contribution in [1.82, 2.24) is 10.2 Å². The van der Waals surface area contributed by atoms with E-state index in [1.165, 1.54) is 11.3 Å². The number of amides is 2. The van der Waals surface area contributed by atoms with Crippen LogP contribution in [0, 0.1) is 6.92 Å². The van der Waals surface area contributed by atoms with E-state index in [0.29, 0.717) is 13.2 Å². The summed E-state index contributed by atoms with van der Waals surface area (Å²) < 4.78 is 6.04. The number of ether oxygens (including phenoxy) is 1. The van der Waals surface area contributed by atoms with Gasteiger partial charge in [0.05, 0.1) is 12.3 Å². The molecule has 1 aliphatic rings. The number of benzene rings is 1. The Labute approximate surface area is 134 Å². The fraction of sp³-hybridized carbons (Fsp3) is 0.533. The quantitative estimate of drug-likeness (QED) is 0.842. The van der Waals surface area contributed by atoms with Gasteiger partial charge < -0.3 is 19.9 Å². The Morgan fingerprint density at radius 2 is 2.05 bits per heavy atom. The summed E-state index contributed by atoms with van der Waals surface area (Å²) in [7, 11) is 1.63. The zero-order chi connectivity index (χ0) is 15.2. The number of nitrogens with one attached hydrogen (secondary N) is 1. The van der Waals surface area contributed by atoms with Crippen LogP contribution in [-0.2, 0) is 4.74 Å². The normalized spacial score (nSPS) is 15.2. The molecule has 1 saturated heterocycles. The summed E-state index contributed by atoms with van der Waals surface area (Å²) in [5.74, 6) is 0. The summed E-state index contributed by atoms with van der Waals surface area (Å²) in [6.45, 7) is 6.34. The van der Waals surface area contributed by atoms with Crippen molar-refractivity contribution in [2.24, 2.45) is 0 Å². The van der Waals surface area contributed by atoms with Crippen LogP contribution in [0.1, 0.15) is 5.56 Å². The van der Waals surface area contributed by atoms with E-state index in [0.717, 1.165) is 30.7 Å². The monoisotopic (exact) mass is 355 g/mol. The van der Waals surface area contributed by atoms with Gasteiger partial charge in [-0.1, -0.05) is 6.07 Å². The van der Waals surface area contributed by atoms with Crippen molar-refractivity contribution >= 4 is 27.6 Å². The van der Waals surface area contributed by atoms with Crippen LogP contribution in [0.2, 0.25) is 0 Å². The molecule has 0 spiro atoms. The molecule has 1 fully saturated rings. The van der Waals surface area contributed by atoms with Crippen molar-refractivity contribution in [3.63, 3.8) is 0 Å². The lowest BCUT2D eigenvalue weighted by molar-refractivity contribution is 0.177. The smallest absolute Gasteiger partial charge is 0.317 e. The lowest BCUT2D eigenvalue weighted by Gasteiger charge is -2.36. The fourth-order valence-electron chi connectivity index (χ4n) is 2.39. The number of anilines is 1. The van der Waals surface area contributed by atoms with Crippen molar-refractivity contribution in [3.05, 3.63) is 28.2 Å². The molecule has 0 aromatic heterocycles. The highest BCUT2D eigenvalue weighted by molar-refractivity contribution is 9.10. The zero-order valence-electron chi connectivity index (χ0n) is 12.6. The molecule has 2 rings (SSSR count). The molecule has 1 N–H and O–H groups in total. The molecule has 0 saturated carbocycles. The highest BCUT2D eigenvalue weighted by Gasteiger charge is 2.21. The maximum Gasteiger partial charge on any atom is 0.317 e. The maximum absolute atomic E-state index is 12.0. The molecule has 0 unspecified atom stereocenters. The first-order chi connectivity index (χ1) is 10.1. The first-order valence-corrected chi connectivity index (χ1v) is 7.94. The average Bonchev–Trinajstić information content (AvgIpc) is 2.48. The molecular formula is C15H22BrN3O2. The first-order valence-electron chi connectivity index (χ1n) is 7.14. The Bertz CT molecular complexity index is 488. The number of aryl methyl sites for hydroxylation is 1. The third kappa shape index (κ3) is 4.35. The van der Waals surface area contributed by atoms with Gasteiger partial charge in [0.2, 0.25) is 0 Å². The van der Waals surface area contributed by atoms with Crippen molar-refractivity contribution in [1.29, 1.82) is 0 Å². The predicted octanol–water partition coefficient (Wildman–Crippen LogP) is 2.24. The molecule has 6 heteroatoms. The van der Waals surface area contributed by atoms with E-state index >= 15 is 0 Å². The van der Waals surface area contributed by atoms with Gasteiger partial charge >= 0.3 is 6.03 Å². The molecular weight excluding hydrogens is 334 g/mol. The molecule has 5 nitrogen and oxygen atoms in total. The molecule has 1 aromatic carbocycles. The number of rotatable bonds is 4. The van der Waals surface area contributed by atoms with Crippen LogP contribution in [0.4, 0.5) is 10.5 Å². The van der Waals surface area contributed by atoms with Crippen molar-refractivity contribution < 1.29 is 9.53 Å². The minimum absolute atomic E-state index is 0.00493. The third-order valence-electron chi connectivity index (χ3n) is 3.59. The fourth-order valence-corrected chi connectivity index (χ4v) is 3.13. The van der Waals surface area contributed by atoms with Gasteiger partial charge in [-0.15, -0.1) is 0 Å². The van der Waals surface area contributed by atoms with E-state index in [-0.39, 0.29) is 6.03 Å². The van der Waals surface area contributed by atoms with Crippen LogP contribution < -0.4 is 10.2 Å². The predicted molar refractivity (Wildman–Crippen MR) is 87.9 cm³/mol. The SMILES string of the molecule is COCCNC(=O)N1CCN(c2ccc(C)cc2Br)CC1. The summed E-state index contributed by atoms with van der Waals surface area (Å²) in [6, 6.07) is 6.37. The van der Waals surface area contributed by atoms with Gasteiger partial charge in [-0.05, 0) is 40.5 Å². The Morgan fingerprint density at radius 3 is 2.67 bits per heavy atom. The molecule has 0 bridgehead atoms. The van der Waals surface area contributed by atoms with Crippen LogP contribution in [0.15, 0.2) is 22.7 Å². The summed E-state index contributed by atoms with van der Waals surface area (Å²) >= 11 is 3.62. The Kier molecular flexibility index (Phi) is 5.87. The molecule has 0 atom stereocenters. The number of hydrogen-bond acceptors (Lipinski definition) is 3. The van der Waals surface area contributed by atoms with Gasteiger partial charge in [-0.3, -0.25) is 0 Å². The van der Waals surface area contributed by atoms with Crippen LogP contribution in [0.3, 0.4) is 0 Å². The highest BCUT2D eigenvalue weighted by Crippen LogP contribution is 2.28. The molecule has 21 heavy (non-hydrogen) atoms. The van der Waals surface area contributed by atoms with E-state index in [4.69, 9.17) is 4.74 Å². The molecule has 2 amide bonds. The number of carbonyl (C=O) groups is 1. The number of nitrogens with zero attached hydrogens (tertiary/aromatic N) is 2. The standard InChI is InChI=1S/C15H22BrN3O2/c1-12-3-4-14(13(16)11-12)18-6-8-19(9-7-18)15(20)17-5-10-21-2/h3-4,11H,5-10H2,1-2H3,(H,17,20). The van der Waals surface area contributed by atoms with Gasteiger partial charge in [0.25, 0.3) is 0 Å². The summed E-state index contributed by atoms with van der Waals surface area (Å²) in [4.78, 5) is 16.1. The molecule has 1 aliphatic heterocycles. The van der Waals surface area contributed by atoms with Crippen LogP contribution in [0.25, 0.3) is 0 Å². The number of urea groups is 1. The van der Waals surface area contributed by atoms with Gasteiger partial charge in [0.1, 0.15) is 0 Å². The van der Waals surface area contributed by atoms with Gasteiger partial charge in [-0.2, -0.15) is 0 Å². The summed E-state index contributed by atoms with van der Waals surface area (Å²) in [5, 5.41) is 2.86. The summed E-state index contributed by atoms with van der Waals surface area (Å²) in [6.07, 6.45) is 0. The van der Waals surface area contributed by atoms with Crippen molar-refractivity contribution in [3.8, 4) is 0 Å². The van der Waals surface area contributed by atoms with E-state index in [9.17, 15) is 4.79 Å². The van der Waals surface area contributed by atoms with E-state index in [1.54, 1.807) is 7.11 Å². The number of piperazine rings is 1. The third-order valence-corrected chi connectivity index (χ3v) is 4.23. The van der Waals surface area contributed by atoms with Crippen LogP contribution in [0.5, 0.6) is 0 Å². The molecule has 116 valence electrons. The topological polar surface area (TPSA) is 44.8 Å². The Morgan fingerprint density at radius 1 is 1.33 bits per heavy atom. The summed E-state index contributed by atoms with van der Waals surface area (Å²) in [5.41, 5.74) is 2.43. The number of carbonyl (C=O) groups excluding carboxylic acids is 1. The lowest BCUT2D eigenvalue weighted by Crippen LogP contribution is -2.52. The zero-order valence-corrected chi connectivity index (χ0v) is 14.1.